The SMILES string of the molecule is Cc1cn[nH]c1C(=O)Nc1cnc(-c2ccccc2)nc1. The maximum absolute atomic E-state index is 12.0. The first kappa shape index (κ1) is 13.0. The average molecular weight is 279 g/mol. The van der Waals surface area contributed by atoms with Gasteiger partial charge < -0.3 is 5.32 Å². The van der Waals surface area contributed by atoms with Crippen LogP contribution in [-0.4, -0.2) is 26.1 Å². The molecule has 2 aromatic heterocycles. The number of aromatic amines is 1. The van der Waals surface area contributed by atoms with Crippen LogP contribution in [0.2, 0.25) is 0 Å². The van der Waals surface area contributed by atoms with E-state index >= 15 is 0 Å². The zero-order valence-corrected chi connectivity index (χ0v) is 11.4. The summed E-state index contributed by atoms with van der Waals surface area (Å²) in [6.07, 6.45) is 4.77. The maximum Gasteiger partial charge on any atom is 0.274 e. The summed E-state index contributed by atoms with van der Waals surface area (Å²) in [5.41, 5.74) is 2.69. The number of anilines is 1. The van der Waals surface area contributed by atoms with Gasteiger partial charge in [0.05, 0.1) is 24.3 Å². The summed E-state index contributed by atoms with van der Waals surface area (Å²) in [5.74, 6) is 0.354. The molecule has 21 heavy (non-hydrogen) atoms. The molecular formula is C15H13N5O. The summed E-state index contributed by atoms with van der Waals surface area (Å²) in [4.78, 5) is 20.5. The van der Waals surface area contributed by atoms with Crippen molar-refractivity contribution >= 4 is 11.6 Å². The topological polar surface area (TPSA) is 83.6 Å². The van der Waals surface area contributed by atoms with Gasteiger partial charge in [0.15, 0.2) is 5.82 Å². The van der Waals surface area contributed by atoms with Crippen molar-refractivity contribution in [3.63, 3.8) is 0 Å². The van der Waals surface area contributed by atoms with Crippen LogP contribution < -0.4 is 5.32 Å². The van der Waals surface area contributed by atoms with Gasteiger partial charge in [0.25, 0.3) is 5.91 Å². The van der Waals surface area contributed by atoms with Crippen LogP contribution in [0.1, 0.15) is 16.1 Å². The van der Waals surface area contributed by atoms with Gasteiger partial charge in [-0.3, -0.25) is 9.89 Å². The summed E-state index contributed by atoms with van der Waals surface area (Å²) in [6.45, 7) is 1.81. The number of rotatable bonds is 3. The lowest BCUT2D eigenvalue weighted by atomic mass is 10.2. The Morgan fingerprint density at radius 1 is 1.10 bits per heavy atom. The van der Waals surface area contributed by atoms with Gasteiger partial charge in [-0.15, -0.1) is 0 Å². The minimum absolute atomic E-state index is 0.263. The highest BCUT2D eigenvalue weighted by atomic mass is 16.1. The molecule has 0 aliphatic rings. The third-order valence-corrected chi connectivity index (χ3v) is 3.00. The van der Waals surface area contributed by atoms with Crippen LogP contribution in [0, 0.1) is 6.92 Å². The van der Waals surface area contributed by atoms with Gasteiger partial charge in [0, 0.05) is 5.56 Å². The second kappa shape index (κ2) is 5.54. The molecule has 1 amide bonds. The van der Waals surface area contributed by atoms with E-state index in [9.17, 15) is 4.79 Å². The fourth-order valence-corrected chi connectivity index (χ4v) is 1.90. The second-order valence-electron chi connectivity index (χ2n) is 4.54. The van der Waals surface area contributed by atoms with Crippen molar-refractivity contribution in [3.05, 3.63) is 60.2 Å². The summed E-state index contributed by atoms with van der Waals surface area (Å²) in [5, 5.41) is 9.21. The van der Waals surface area contributed by atoms with Gasteiger partial charge in [0.1, 0.15) is 5.69 Å². The van der Waals surface area contributed by atoms with E-state index in [4.69, 9.17) is 0 Å². The van der Waals surface area contributed by atoms with E-state index in [1.54, 1.807) is 18.6 Å². The van der Waals surface area contributed by atoms with E-state index in [2.05, 4.69) is 25.5 Å². The van der Waals surface area contributed by atoms with E-state index in [0.29, 0.717) is 17.2 Å². The molecule has 0 saturated heterocycles. The molecule has 2 N–H and O–H groups in total. The van der Waals surface area contributed by atoms with Crippen molar-refractivity contribution in [1.29, 1.82) is 0 Å². The summed E-state index contributed by atoms with van der Waals surface area (Å²) < 4.78 is 0. The standard InChI is InChI=1S/C15H13N5O/c1-10-7-18-20-13(10)15(21)19-12-8-16-14(17-9-12)11-5-3-2-4-6-11/h2-9H,1H3,(H,18,20)(H,19,21). The number of carbonyl (C=O) groups excluding carboxylic acids is 1. The monoisotopic (exact) mass is 279 g/mol. The highest BCUT2D eigenvalue weighted by Gasteiger charge is 2.11. The molecule has 0 aliphatic carbocycles. The Morgan fingerprint density at radius 2 is 1.81 bits per heavy atom. The van der Waals surface area contributed by atoms with E-state index in [0.717, 1.165) is 11.1 Å². The van der Waals surface area contributed by atoms with Gasteiger partial charge in [0.2, 0.25) is 0 Å². The zero-order chi connectivity index (χ0) is 14.7. The number of carbonyl (C=O) groups is 1. The molecule has 0 bridgehead atoms. The number of hydrogen-bond donors (Lipinski definition) is 2. The predicted molar refractivity (Wildman–Crippen MR) is 78.7 cm³/mol. The molecule has 0 aliphatic heterocycles. The average Bonchev–Trinajstić information content (AvgIpc) is 2.95. The van der Waals surface area contributed by atoms with E-state index in [1.807, 2.05) is 37.3 Å². The first-order chi connectivity index (χ1) is 10.2. The highest BCUT2D eigenvalue weighted by molar-refractivity contribution is 6.03. The fraction of sp³-hybridized carbons (Fsp3) is 0.0667. The molecule has 3 rings (SSSR count). The summed E-state index contributed by atoms with van der Waals surface area (Å²) >= 11 is 0. The molecule has 6 heteroatoms. The third-order valence-electron chi connectivity index (χ3n) is 3.00. The van der Waals surface area contributed by atoms with Gasteiger partial charge in [-0.1, -0.05) is 30.3 Å². The molecule has 2 heterocycles. The lowest BCUT2D eigenvalue weighted by Crippen LogP contribution is -2.14. The van der Waals surface area contributed by atoms with Gasteiger partial charge >= 0.3 is 0 Å². The zero-order valence-electron chi connectivity index (χ0n) is 11.4. The number of aromatic nitrogens is 4. The molecule has 0 atom stereocenters. The number of nitrogens with zero attached hydrogens (tertiary/aromatic N) is 3. The number of amides is 1. The Kier molecular flexibility index (Phi) is 3.42. The number of benzene rings is 1. The van der Waals surface area contributed by atoms with Crippen LogP contribution in [0.25, 0.3) is 11.4 Å². The predicted octanol–water partition coefficient (Wildman–Crippen LogP) is 2.43. The number of H-pyrrole nitrogens is 1. The van der Waals surface area contributed by atoms with Crippen LogP contribution in [-0.2, 0) is 0 Å². The molecule has 0 unspecified atom stereocenters. The minimum atomic E-state index is -0.263. The Morgan fingerprint density at radius 3 is 2.43 bits per heavy atom. The van der Waals surface area contributed by atoms with Crippen LogP contribution in [0.15, 0.2) is 48.9 Å². The maximum atomic E-state index is 12.0. The van der Waals surface area contributed by atoms with Crippen molar-refractivity contribution < 1.29 is 4.79 Å². The van der Waals surface area contributed by atoms with Gasteiger partial charge in [-0.05, 0) is 12.5 Å². The summed E-state index contributed by atoms with van der Waals surface area (Å²) in [6, 6.07) is 9.65. The van der Waals surface area contributed by atoms with E-state index in [-0.39, 0.29) is 5.91 Å². The summed E-state index contributed by atoms with van der Waals surface area (Å²) in [7, 11) is 0. The molecule has 1 aromatic carbocycles. The molecule has 0 fully saturated rings. The largest absolute Gasteiger partial charge is 0.318 e. The number of hydrogen-bond acceptors (Lipinski definition) is 4. The first-order valence-corrected chi connectivity index (χ1v) is 6.43. The van der Waals surface area contributed by atoms with E-state index < -0.39 is 0 Å². The molecular weight excluding hydrogens is 266 g/mol. The van der Waals surface area contributed by atoms with Crippen molar-refractivity contribution in [1.82, 2.24) is 20.2 Å². The molecule has 3 aromatic rings. The first-order valence-electron chi connectivity index (χ1n) is 6.43. The Hall–Kier alpha value is -3.02. The second-order valence-corrected chi connectivity index (χ2v) is 4.54. The lowest BCUT2D eigenvalue weighted by molar-refractivity contribution is 0.102. The van der Waals surface area contributed by atoms with Crippen molar-refractivity contribution in [2.75, 3.05) is 5.32 Å². The van der Waals surface area contributed by atoms with Crippen molar-refractivity contribution in [3.8, 4) is 11.4 Å². The molecule has 104 valence electrons. The fourth-order valence-electron chi connectivity index (χ4n) is 1.90. The van der Waals surface area contributed by atoms with Gasteiger partial charge in [-0.2, -0.15) is 5.10 Å². The van der Waals surface area contributed by atoms with Crippen molar-refractivity contribution in [2.45, 2.75) is 6.92 Å². The molecule has 0 radical (unpaired) electrons. The third kappa shape index (κ3) is 2.79. The normalized spacial score (nSPS) is 10.3. The molecule has 6 nitrogen and oxygen atoms in total. The van der Waals surface area contributed by atoms with Crippen LogP contribution >= 0.6 is 0 Å². The number of nitrogens with one attached hydrogen (secondary N) is 2. The smallest absolute Gasteiger partial charge is 0.274 e. The molecule has 0 saturated carbocycles. The van der Waals surface area contributed by atoms with Crippen LogP contribution in [0.4, 0.5) is 5.69 Å². The Bertz CT molecular complexity index is 749. The van der Waals surface area contributed by atoms with Gasteiger partial charge in [-0.25, -0.2) is 9.97 Å². The van der Waals surface area contributed by atoms with Crippen LogP contribution in [0.5, 0.6) is 0 Å². The molecule has 0 spiro atoms. The van der Waals surface area contributed by atoms with Crippen molar-refractivity contribution in [2.24, 2.45) is 0 Å². The van der Waals surface area contributed by atoms with Crippen LogP contribution in [0.3, 0.4) is 0 Å². The number of aryl methyl sites for hydroxylation is 1. The minimum Gasteiger partial charge on any atom is -0.318 e. The Balaban J connectivity index is 1.76. The highest BCUT2D eigenvalue weighted by Crippen LogP contribution is 2.15. The quantitative estimate of drug-likeness (QED) is 0.771. The Labute approximate surface area is 121 Å². The van der Waals surface area contributed by atoms with E-state index in [1.165, 1.54) is 0 Å². The lowest BCUT2D eigenvalue weighted by Gasteiger charge is -2.05.